The van der Waals surface area contributed by atoms with Gasteiger partial charge in [-0.3, -0.25) is 4.79 Å². The van der Waals surface area contributed by atoms with Crippen molar-refractivity contribution in [3.63, 3.8) is 0 Å². The van der Waals surface area contributed by atoms with Gasteiger partial charge < -0.3 is 10.2 Å². The summed E-state index contributed by atoms with van der Waals surface area (Å²) in [6, 6.07) is 8.43. The standard InChI is InChI=1S/C16H26N2O/c1-4-5-11-18(3)16(19)9-10-17-13-15-8-6-7-14(2)12-15/h6-8,12,17H,4-5,9-11,13H2,1-3H3. The predicted octanol–water partition coefficient (Wildman–Crippen LogP) is 2.73. The van der Waals surface area contributed by atoms with E-state index in [4.69, 9.17) is 0 Å². The lowest BCUT2D eigenvalue weighted by molar-refractivity contribution is -0.129. The van der Waals surface area contributed by atoms with Crippen molar-refractivity contribution < 1.29 is 4.79 Å². The van der Waals surface area contributed by atoms with Crippen molar-refractivity contribution in [2.45, 2.75) is 39.7 Å². The van der Waals surface area contributed by atoms with E-state index in [2.05, 4.69) is 43.4 Å². The molecule has 0 heterocycles. The number of aryl methyl sites for hydroxylation is 1. The first kappa shape index (κ1) is 15.7. The summed E-state index contributed by atoms with van der Waals surface area (Å²) in [5.74, 6) is 0.227. The zero-order valence-electron chi connectivity index (χ0n) is 12.4. The molecule has 0 bridgehead atoms. The molecule has 0 unspecified atom stereocenters. The second-order valence-electron chi connectivity index (χ2n) is 5.08. The highest BCUT2D eigenvalue weighted by molar-refractivity contribution is 5.76. The van der Waals surface area contributed by atoms with Gasteiger partial charge in [-0.1, -0.05) is 43.2 Å². The van der Waals surface area contributed by atoms with E-state index in [1.807, 2.05) is 11.9 Å². The van der Waals surface area contributed by atoms with Crippen LogP contribution in [0.2, 0.25) is 0 Å². The quantitative estimate of drug-likeness (QED) is 0.731. The van der Waals surface area contributed by atoms with Crippen LogP contribution in [0.1, 0.15) is 37.3 Å². The Hall–Kier alpha value is -1.35. The van der Waals surface area contributed by atoms with Gasteiger partial charge in [0.15, 0.2) is 0 Å². The molecule has 3 heteroatoms. The number of nitrogens with zero attached hydrogens (tertiary/aromatic N) is 1. The van der Waals surface area contributed by atoms with Crippen molar-refractivity contribution in [2.75, 3.05) is 20.1 Å². The third-order valence-corrected chi connectivity index (χ3v) is 3.20. The Kier molecular flexibility index (Phi) is 7.19. The summed E-state index contributed by atoms with van der Waals surface area (Å²) in [6.07, 6.45) is 2.79. The van der Waals surface area contributed by atoms with Crippen molar-refractivity contribution >= 4 is 5.91 Å². The van der Waals surface area contributed by atoms with Crippen molar-refractivity contribution in [1.29, 1.82) is 0 Å². The van der Waals surface area contributed by atoms with E-state index in [1.165, 1.54) is 11.1 Å². The van der Waals surface area contributed by atoms with Gasteiger partial charge in [0.25, 0.3) is 0 Å². The number of nitrogens with one attached hydrogen (secondary N) is 1. The number of unbranched alkanes of at least 4 members (excludes halogenated alkanes) is 1. The second kappa shape index (κ2) is 8.70. The molecule has 0 aliphatic carbocycles. The van der Waals surface area contributed by atoms with Crippen LogP contribution in [0.25, 0.3) is 0 Å². The molecule has 1 aromatic carbocycles. The molecule has 0 saturated carbocycles. The molecule has 1 rings (SSSR count). The van der Waals surface area contributed by atoms with Crippen molar-refractivity contribution in [2.24, 2.45) is 0 Å². The van der Waals surface area contributed by atoms with Crippen molar-refractivity contribution in [3.8, 4) is 0 Å². The summed E-state index contributed by atoms with van der Waals surface area (Å²) in [5, 5.41) is 3.32. The van der Waals surface area contributed by atoms with Crippen LogP contribution in [0.5, 0.6) is 0 Å². The molecule has 0 fully saturated rings. The normalized spacial score (nSPS) is 10.5. The summed E-state index contributed by atoms with van der Waals surface area (Å²) in [7, 11) is 1.89. The van der Waals surface area contributed by atoms with Crippen LogP contribution in [-0.2, 0) is 11.3 Å². The summed E-state index contributed by atoms with van der Waals surface area (Å²) in [6.45, 7) is 6.67. The Morgan fingerprint density at radius 3 is 2.84 bits per heavy atom. The van der Waals surface area contributed by atoms with E-state index in [0.29, 0.717) is 6.42 Å². The monoisotopic (exact) mass is 262 g/mol. The maximum absolute atomic E-state index is 11.8. The van der Waals surface area contributed by atoms with Crippen LogP contribution in [0.3, 0.4) is 0 Å². The highest BCUT2D eigenvalue weighted by Gasteiger charge is 2.06. The number of carbonyl (C=O) groups is 1. The number of benzene rings is 1. The Bertz CT molecular complexity index is 390. The molecule has 1 amide bonds. The zero-order chi connectivity index (χ0) is 14.1. The first-order valence-corrected chi connectivity index (χ1v) is 7.13. The van der Waals surface area contributed by atoms with Crippen LogP contribution in [0.4, 0.5) is 0 Å². The minimum absolute atomic E-state index is 0.227. The van der Waals surface area contributed by atoms with Gasteiger partial charge in [-0.05, 0) is 18.9 Å². The topological polar surface area (TPSA) is 32.3 Å². The Labute approximate surface area is 117 Å². The minimum Gasteiger partial charge on any atom is -0.346 e. The Balaban J connectivity index is 2.18. The third-order valence-electron chi connectivity index (χ3n) is 3.20. The zero-order valence-corrected chi connectivity index (χ0v) is 12.4. The number of amides is 1. The van der Waals surface area contributed by atoms with E-state index >= 15 is 0 Å². The molecule has 0 atom stereocenters. The Morgan fingerprint density at radius 1 is 1.37 bits per heavy atom. The predicted molar refractivity (Wildman–Crippen MR) is 80.0 cm³/mol. The molecule has 0 aliphatic heterocycles. The molecule has 0 spiro atoms. The maximum Gasteiger partial charge on any atom is 0.223 e. The lowest BCUT2D eigenvalue weighted by atomic mass is 10.1. The molecule has 0 aromatic heterocycles. The molecule has 0 aliphatic rings. The van der Waals surface area contributed by atoms with Gasteiger partial charge in [0.2, 0.25) is 5.91 Å². The minimum atomic E-state index is 0.227. The van der Waals surface area contributed by atoms with Gasteiger partial charge in [0.1, 0.15) is 0 Å². The first-order valence-electron chi connectivity index (χ1n) is 7.13. The summed E-state index contributed by atoms with van der Waals surface area (Å²) < 4.78 is 0. The van der Waals surface area contributed by atoms with E-state index in [9.17, 15) is 4.79 Å². The molecule has 0 radical (unpaired) electrons. The van der Waals surface area contributed by atoms with E-state index < -0.39 is 0 Å². The number of hydrogen-bond donors (Lipinski definition) is 1. The SMILES string of the molecule is CCCCN(C)C(=O)CCNCc1cccc(C)c1. The average Bonchev–Trinajstić information content (AvgIpc) is 2.40. The fourth-order valence-electron chi connectivity index (χ4n) is 1.96. The smallest absolute Gasteiger partial charge is 0.223 e. The Morgan fingerprint density at radius 2 is 2.16 bits per heavy atom. The fraction of sp³-hybridized carbons (Fsp3) is 0.562. The van der Waals surface area contributed by atoms with Crippen LogP contribution in [0.15, 0.2) is 24.3 Å². The molecule has 3 nitrogen and oxygen atoms in total. The highest BCUT2D eigenvalue weighted by atomic mass is 16.2. The maximum atomic E-state index is 11.8. The van der Waals surface area contributed by atoms with E-state index in [1.54, 1.807) is 0 Å². The van der Waals surface area contributed by atoms with Crippen LogP contribution >= 0.6 is 0 Å². The van der Waals surface area contributed by atoms with Gasteiger partial charge >= 0.3 is 0 Å². The molecule has 1 N–H and O–H groups in total. The number of carbonyl (C=O) groups excluding carboxylic acids is 1. The second-order valence-corrected chi connectivity index (χ2v) is 5.08. The lowest BCUT2D eigenvalue weighted by Gasteiger charge is -2.16. The summed E-state index contributed by atoms with van der Waals surface area (Å²) in [4.78, 5) is 13.6. The summed E-state index contributed by atoms with van der Waals surface area (Å²) in [5.41, 5.74) is 2.54. The van der Waals surface area contributed by atoms with E-state index in [-0.39, 0.29) is 5.91 Å². The average molecular weight is 262 g/mol. The van der Waals surface area contributed by atoms with E-state index in [0.717, 1.165) is 32.5 Å². The van der Waals surface area contributed by atoms with Crippen LogP contribution in [-0.4, -0.2) is 30.9 Å². The van der Waals surface area contributed by atoms with Gasteiger partial charge in [0, 0.05) is 33.1 Å². The van der Waals surface area contributed by atoms with Gasteiger partial charge in [0.05, 0.1) is 0 Å². The number of rotatable bonds is 8. The number of hydrogen-bond acceptors (Lipinski definition) is 2. The van der Waals surface area contributed by atoms with Crippen LogP contribution < -0.4 is 5.32 Å². The fourth-order valence-corrected chi connectivity index (χ4v) is 1.96. The molecular formula is C16H26N2O. The lowest BCUT2D eigenvalue weighted by Crippen LogP contribution is -2.30. The largest absolute Gasteiger partial charge is 0.346 e. The van der Waals surface area contributed by atoms with Crippen LogP contribution in [0, 0.1) is 6.92 Å². The van der Waals surface area contributed by atoms with Crippen molar-refractivity contribution in [1.82, 2.24) is 10.2 Å². The first-order chi connectivity index (χ1) is 9.13. The third kappa shape index (κ3) is 6.39. The molecule has 0 saturated heterocycles. The molecule has 106 valence electrons. The summed E-state index contributed by atoms with van der Waals surface area (Å²) >= 11 is 0. The highest BCUT2D eigenvalue weighted by Crippen LogP contribution is 2.03. The van der Waals surface area contributed by atoms with Gasteiger partial charge in [-0.2, -0.15) is 0 Å². The van der Waals surface area contributed by atoms with Crippen molar-refractivity contribution in [3.05, 3.63) is 35.4 Å². The molecule has 1 aromatic rings. The van der Waals surface area contributed by atoms with Gasteiger partial charge in [-0.15, -0.1) is 0 Å². The van der Waals surface area contributed by atoms with Gasteiger partial charge in [-0.25, -0.2) is 0 Å². The molecular weight excluding hydrogens is 236 g/mol. The molecule has 19 heavy (non-hydrogen) atoms.